The zero-order valence-electron chi connectivity index (χ0n) is 10.2. The van der Waals surface area contributed by atoms with Gasteiger partial charge < -0.3 is 9.84 Å². The standard InChI is InChI=1S/C13H15FN2O2/c1-8-10-6-9(17)7-11(14)13(10)16(15-8)12-4-2-3-5-18-12/h6-7,12,17H,2-5H2,1H3. The molecule has 4 nitrogen and oxygen atoms in total. The van der Waals surface area contributed by atoms with Crippen LogP contribution in [-0.4, -0.2) is 21.5 Å². The monoisotopic (exact) mass is 250 g/mol. The maximum absolute atomic E-state index is 14.0. The van der Waals surface area contributed by atoms with Crippen LogP contribution in [0.2, 0.25) is 0 Å². The summed E-state index contributed by atoms with van der Waals surface area (Å²) in [4.78, 5) is 0. The van der Waals surface area contributed by atoms with Gasteiger partial charge in [0.2, 0.25) is 0 Å². The molecule has 0 aliphatic carbocycles. The van der Waals surface area contributed by atoms with Crippen molar-refractivity contribution < 1.29 is 14.2 Å². The Morgan fingerprint density at radius 3 is 3.00 bits per heavy atom. The number of aromatic hydroxyl groups is 1. The van der Waals surface area contributed by atoms with Crippen LogP contribution in [0.25, 0.3) is 10.9 Å². The highest BCUT2D eigenvalue weighted by Gasteiger charge is 2.22. The average molecular weight is 250 g/mol. The fraction of sp³-hybridized carbons (Fsp3) is 0.462. The molecule has 0 bridgehead atoms. The summed E-state index contributed by atoms with van der Waals surface area (Å²) in [6, 6.07) is 2.66. The number of phenolic OH excluding ortho intramolecular Hbond substituents is 1. The molecule has 3 rings (SSSR count). The first-order chi connectivity index (χ1) is 8.66. The second-order valence-electron chi connectivity index (χ2n) is 4.67. The minimum absolute atomic E-state index is 0.0767. The lowest BCUT2D eigenvalue weighted by atomic mass is 10.1. The molecule has 5 heteroatoms. The highest BCUT2D eigenvalue weighted by molar-refractivity contribution is 5.84. The lowest BCUT2D eigenvalue weighted by molar-refractivity contribution is -0.0371. The maximum Gasteiger partial charge on any atom is 0.152 e. The molecule has 0 saturated carbocycles. The van der Waals surface area contributed by atoms with Crippen molar-refractivity contribution in [1.82, 2.24) is 9.78 Å². The van der Waals surface area contributed by atoms with Gasteiger partial charge in [0, 0.05) is 18.1 Å². The SMILES string of the molecule is Cc1nn(C2CCCCO2)c2c(F)cc(O)cc12. The van der Waals surface area contributed by atoms with Gasteiger partial charge in [-0.25, -0.2) is 9.07 Å². The van der Waals surface area contributed by atoms with Crippen molar-refractivity contribution in [1.29, 1.82) is 0 Å². The van der Waals surface area contributed by atoms with E-state index in [-0.39, 0.29) is 12.0 Å². The molecule has 0 radical (unpaired) electrons. The number of fused-ring (bicyclic) bond motifs is 1. The van der Waals surface area contributed by atoms with E-state index in [4.69, 9.17) is 4.74 Å². The lowest BCUT2D eigenvalue weighted by Crippen LogP contribution is -2.19. The Balaban J connectivity index is 2.17. The van der Waals surface area contributed by atoms with Crippen molar-refractivity contribution in [2.45, 2.75) is 32.4 Å². The van der Waals surface area contributed by atoms with Gasteiger partial charge in [-0.2, -0.15) is 5.10 Å². The molecule has 2 aromatic rings. The second-order valence-corrected chi connectivity index (χ2v) is 4.67. The Labute approximate surface area is 104 Å². The normalized spacial score (nSPS) is 20.4. The number of phenols is 1. The third-order valence-corrected chi connectivity index (χ3v) is 3.35. The van der Waals surface area contributed by atoms with E-state index in [0.717, 1.165) is 25.3 Å². The zero-order chi connectivity index (χ0) is 12.7. The Hall–Kier alpha value is -1.62. The van der Waals surface area contributed by atoms with Crippen LogP contribution in [0, 0.1) is 12.7 Å². The summed E-state index contributed by atoms with van der Waals surface area (Å²) in [5, 5.41) is 14.4. The molecular formula is C13H15FN2O2. The fourth-order valence-corrected chi connectivity index (χ4v) is 2.48. The minimum atomic E-state index is -0.459. The Bertz CT molecular complexity index is 588. The molecule has 0 amide bonds. The molecule has 18 heavy (non-hydrogen) atoms. The molecular weight excluding hydrogens is 235 g/mol. The van der Waals surface area contributed by atoms with Crippen molar-refractivity contribution in [3.63, 3.8) is 0 Å². The summed E-state index contributed by atoms with van der Waals surface area (Å²) in [7, 11) is 0. The van der Waals surface area contributed by atoms with Crippen LogP contribution in [0.3, 0.4) is 0 Å². The predicted molar refractivity (Wildman–Crippen MR) is 64.9 cm³/mol. The predicted octanol–water partition coefficient (Wildman–Crippen LogP) is 2.89. The number of benzene rings is 1. The molecule has 2 heterocycles. The molecule has 1 aromatic carbocycles. The molecule has 0 spiro atoms. The summed E-state index contributed by atoms with van der Waals surface area (Å²) >= 11 is 0. The summed E-state index contributed by atoms with van der Waals surface area (Å²) < 4.78 is 21.3. The summed E-state index contributed by atoms with van der Waals surface area (Å²) in [6.45, 7) is 2.49. The first kappa shape index (κ1) is 11.5. The van der Waals surface area contributed by atoms with Crippen LogP contribution in [-0.2, 0) is 4.74 Å². The van der Waals surface area contributed by atoms with Crippen molar-refractivity contribution in [2.24, 2.45) is 0 Å². The van der Waals surface area contributed by atoms with Crippen molar-refractivity contribution in [2.75, 3.05) is 6.61 Å². The van der Waals surface area contributed by atoms with Crippen LogP contribution < -0.4 is 0 Å². The highest BCUT2D eigenvalue weighted by Crippen LogP contribution is 2.31. The van der Waals surface area contributed by atoms with Gasteiger partial charge in [-0.3, -0.25) is 0 Å². The fourth-order valence-electron chi connectivity index (χ4n) is 2.48. The highest BCUT2D eigenvalue weighted by atomic mass is 19.1. The molecule has 1 N–H and O–H groups in total. The van der Waals surface area contributed by atoms with Gasteiger partial charge in [-0.1, -0.05) is 0 Å². The first-order valence-corrected chi connectivity index (χ1v) is 6.16. The van der Waals surface area contributed by atoms with Gasteiger partial charge in [0.15, 0.2) is 12.0 Å². The van der Waals surface area contributed by atoms with Crippen molar-refractivity contribution in [3.8, 4) is 5.75 Å². The number of ether oxygens (including phenoxy) is 1. The van der Waals surface area contributed by atoms with E-state index in [0.29, 0.717) is 23.2 Å². The second kappa shape index (κ2) is 4.24. The van der Waals surface area contributed by atoms with E-state index in [9.17, 15) is 9.50 Å². The van der Waals surface area contributed by atoms with E-state index in [1.54, 1.807) is 17.7 Å². The third kappa shape index (κ3) is 1.75. The largest absolute Gasteiger partial charge is 0.508 e. The quantitative estimate of drug-likeness (QED) is 0.846. The van der Waals surface area contributed by atoms with E-state index < -0.39 is 5.82 Å². The molecule has 1 unspecified atom stereocenters. The zero-order valence-corrected chi connectivity index (χ0v) is 10.2. The molecule has 1 aliphatic heterocycles. The van der Waals surface area contributed by atoms with Gasteiger partial charge >= 0.3 is 0 Å². The van der Waals surface area contributed by atoms with E-state index >= 15 is 0 Å². The molecule has 1 aliphatic rings. The van der Waals surface area contributed by atoms with Crippen LogP contribution in [0.1, 0.15) is 31.2 Å². The van der Waals surface area contributed by atoms with Gasteiger partial charge in [0.1, 0.15) is 11.3 Å². The van der Waals surface area contributed by atoms with E-state index in [1.807, 2.05) is 0 Å². The van der Waals surface area contributed by atoms with Gasteiger partial charge in [0.05, 0.1) is 5.69 Å². The van der Waals surface area contributed by atoms with E-state index in [2.05, 4.69) is 5.10 Å². The van der Waals surface area contributed by atoms with Crippen molar-refractivity contribution >= 4 is 10.9 Å². The average Bonchev–Trinajstić information content (AvgIpc) is 2.68. The molecule has 1 saturated heterocycles. The first-order valence-electron chi connectivity index (χ1n) is 6.16. The molecule has 1 fully saturated rings. The number of hydrogen-bond donors (Lipinski definition) is 1. The Morgan fingerprint density at radius 1 is 1.44 bits per heavy atom. The summed E-state index contributed by atoms with van der Waals surface area (Å²) in [5.74, 6) is -0.535. The van der Waals surface area contributed by atoms with Crippen LogP contribution >= 0.6 is 0 Å². The Kier molecular flexibility index (Phi) is 2.70. The van der Waals surface area contributed by atoms with Crippen LogP contribution in [0.4, 0.5) is 4.39 Å². The lowest BCUT2D eigenvalue weighted by Gasteiger charge is -2.23. The minimum Gasteiger partial charge on any atom is -0.508 e. The van der Waals surface area contributed by atoms with Gasteiger partial charge in [-0.15, -0.1) is 0 Å². The maximum atomic E-state index is 14.0. The van der Waals surface area contributed by atoms with Crippen molar-refractivity contribution in [3.05, 3.63) is 23.6 Å². The number of hydrogen-bond acceptors (Lipinski definition) is 3. The van der Waals surface area contributed by atoms with E-state index in [1.165, 1.54) is 0 Å². The van der Waals surface area contributed by atoms with Crippen LogP contribution in [0.5, 0.6) is 5.75 Å². The summed E-state index contributed by atoms with van der Waals surface area (Å²) in [5.41, 5.74) is 1.12. The number of halogens is 1. The number of nitrogens with zero attached hydrogens (tertiary/aromatic N) is 2. The topological polar surface area (TPSA) is 47.3 Å². The Morgan fingerprint density at radius 2 is 2.28 bits per heavy atom. The van der Waals surface area contributed by atoms with Gasteiger partial charge in [-0.05, 0) is 32.3 Å². The van der Waals surface area contributed by atoms with Crippen LogP contribution in [0.15, 0.2) is 12.1 Å². The smallest absolute Gasteiger partial charge is 0.152 e. The number of aryl methyl sites for hydroxylation is 1. The van der Waals surface area contributed by atoms with Gasteiger partial charge in [0.25, 0.3) is 0 Å². The number of rotatable bonds is 1. The number of aromatic nitrogens is 2. The molecule has 1 aromatic heterocycles. The summed E-state index contributed by atoms with van der Waals surface area (Å²) in [6.07, 6.45) is 2.74. The molecule has 1 atom stereocenters. The molecule has 96 valence electrons. The third-order valence-electron chi connectivity index (χ3n) is 3.35.